The molecule has 1 aliphatic rings. The number of carbonyl (C=O) groups is 1. The molecule has 7 heteroatoms. The van der Waals surface area contributed by atoms with Crippen molar-refractivity contribution in [3.05, 3.63) is 52.9 Å². The topological polar surface area (TPSA) is 54.5 Å². The van der Waals surface area contributed by atoms with E-state index in [0.717, 1.165) is 17.2 Å². The molecule has 126 valence electrons. The largest absolute Gasteiger partial charge is 0.493 e. The number of nitrogens with one attached hydrogen (secondary N) is 1. The first-order valence-electron chi connectivity index (χ1n) is 7.51. The number of ether oxygens (including phenoxy) is 1. The quantitative estimate of drug-likeness (QED) is 0.936. The van der Waals surface area contributed by atoms with E-state index in [2.05, 4.69) is 10.3 Å². The molecule has 2 aromatic rings. The Labute approximate surface area is 138 Å². The normalized spacial score (nSPS) is 13.4. The van der Waals surface area contributed by atoms with Crippen molar-refractivity contribution < 1.29 is 18.3 Å². The summed E-state index contributed by atoms with van der Waals surface area (Å²) in [6, 6.07) is 4.42. The number of rotatable bonds is 3. The van der Waals surface area contributed by atoms with Gasteiger partial charge in [0.15, 0.2) is 11.6 Å². The molecule has 1 aromatic carbocycles. The summed E-state index contributed by atoms with van der Waals surface area (Å²) in [5.41, 5.74) is 2.91. The molecular formula is C17H17F2N3O2. The molecule has 1 amide bonds. The van der Waals surface area contributed by atoms with Gasteiger partial charge in [0.05, 0.1) is 7.11 Å². The zero-order valence-corrected chi connectivity index (χ0v) is 13.4. The molecule has 1 aromatic heterocycles. The van der Waals surface area contributed by atoms with E-state index in [1.807, 2.05) is 4.90 Å². The molecule has 1 N–H and O–H groups in total. The Morgan fingerprint density at radius 2 is 2.08 bits per heavy atom. The molecule has 0 unspecified atom stereocenters. The second-order valence-corrected chi connectivity index (χ2v) is 5.53. The van der Waals surface area contributed by atoms with Crippen LogP contribution in [-0.4, -0.2) is 31.6 Å². The minimum Gasteiger partial charge on any atom is -0.493 e. The summed E-state index contributed by atoms with van der Waals surface area (Å²) in [4.78, 5) is 17.7. The van der Waals surface area contributed by atoms with Crippen LogP contribution in [0.25, 0.3) is 0 Å². The number of anilines is 1. The van der Waals surface area contributed by atoms with Gasteiger partial charge in [-0.15, -0.1) is 0 Å². The Bertz CT molecular complexity index is 796. The predicted octanol–water partition coefficient (Wildman–Crippen LogP) is 2.29. The summed E-state index contributed by atoms with van der Waals surface area (Å²) >= 11 is 0. The fraction of sp³-hybridized carbons (Fsp3) is 0.294. The Morgan fingerprint density at radius 1 is 1.29 bits per heavy atom. The Hall–Kier alpha value is -2.70. The van der Waals surface area contributed by atoms with Crippen molar-refractivity contribution >= 4 is 11.6 Å². The van der Waals surface area contributed by atoms with Crippen LogP contribution in [0.1, 0.15) is 21.6 Å². The van der Waals surface area contributed by atoms with E-state index >= 15 is 0 Å². The molecule has 5 nitrogen and oxygen atoms in total. The minimum absolute atomic E-state index is 0.121. The fourth-order valence-corrected chi connectivity index (χ4v) is 2.79. The van der Waals surface area contributed by atoms with Crippen LogP contribution in [0.3, 0.4) is 0 Å². The summed E-state index contributed by atoms with van der Waals surface area (Å²) in [5, 5.41) is 2.54. The van der Waals surface area contributed by atoms with Crippen molar-refractivity contribution in [2.45, 2.75) is 13.0 Å². The number of benzene rings is 1. The van der Waals surface area contributed by atoms with Crippen molar-refractivity contribution in [1.82, 2.24) is 10.3 Å². The lowest BCUT2D eigenvalue weighted by Crippen LogP contribution is -2.31. The molecule has 0 saturated carbocycles. The number of fused-ring (bicyclic) bond motifs is 1. The van der Waals surface area contributed by atoms with Crippen LogP contribution < -0.4 is 15.0 Å². The van der Waals surface area contributed by atoms with Gasteiger partial charge in [0.1, 0.15) is 5.69 Å². The minimum atomic E-state index is -0.990. The first kappa shape index (κ1) is 16.2. The zero-order valence-electron chi connectivity index (χ0n) is 13.4. The standard InChI is InChI=1S/C17H17F2N3O2/c1-20-17(23)14-5-10-3-4-22(9-11(10)8-21-14)12-6-13(18)16(19)15(7-12)24-2/h5-8H,3-4,9H2,1-2H3,(H,20,23). The van der Waals surface area contributed by atoms with Crippen molar-refractivity contribution in [1.29, 1.82) is 0 Å². The van der Waals surface area contributed by atoms with Gasteiger partial charge in [-0.1, -0.05) is 0 Å². The van der Waals surface area contributed by atoms with Gasteiger partial charge in [0, 0.05) is 44.2 Å². The summed E-state index contributed by atoms with van der Waals surface area (Å²) < 4.78 is 32.2. The van der Waals surface area contributed by atoms with Gasteiger partial charge < -0.3 is 15.0 Å². The summed E-state index contributed by atoms with van der Waals surface area (Å²) in [7, 11) is 2.86. The fourth-order valence-electron chi connectivity index (χ4n) is 2.79. The number of halogens is 2. The van der Waals surface area contributed by atoms with E-state index in [1.165, 1.54) is 13.2 Å². The van der Waals surface area contributed by atoms with Gasteiger partial charge in [-0.25, -0.2) is 4.39 Å². The molecule has 3 rings (SSSR count). The van der Waals surface area contributed by atoms with Crippen LogP contribution >= 0.6 is 0 Å². The summed E-state index contributed by atoms with van der Waals surface area (Å²) in [6.45, 7) is 1.13. The summed E-state index contributed by atoms with van der Waals surface area (Å²) in [6.07, 6.45) is 2.34. The number of hydrogen-bond acceptors (Lipinski definition) is 4. The van der Waals surface area contributed by atoms with E-state index in [0.29, 0.717) is 30.9 Å². The Morgan fingerprint density at radius 3 is 2.79 bits per heavy atom. The predicted molar refractivity (Wildman–Crippen MR) is 85.3 cm³/mol. The monoisotopic (exact) mass is 333 g/mol. The smallest absolute Gasteiger partial charge is 0.269 e. The maximum absolute atomic E-state index is 13.7. The Kier molecular flexibility index (Phi) is 4.33. The van der Waals surface area contributed by atoms with Gasteiger partial charge in [0.2, 0.25) is 5.82 Å². The number of amides is 1. The lowest BCUT2D eigenvalue weighted by atomic mass is 10.00. The molecule has 0 saturated heterocycles. The van der Waals surface area contributed by atoms with E-state index in [1.54, 1.807) is 19.3 Å². The van der Waals surface area contributed by atoms with Crippen LogP contribution in [0.5, 0.6) is 5.75 Å². The molecule has 0 spiro atoms. The van der Waals surface area contributed by atoms with Gasteiger partial charge >= 0.3 is 0 Å². The van der Waals surface area contributed by atoms with E-state index in [-0.39, 0.29) is 11.7 Å². The molecule has 0 aliphatic carbocycles. The van der Waals surface area contributed by atoms with Crippen LogP contribution in [-0.2, 0) is 13.0 Å². The van der Waals surface area contributed by atoms with E-state index in [9.17, 15) is 13.6 Å². The highest BCUT2D eigenvalue weighted by molar-refractivity contribution is 5.92. The number of pyridine rings is 1. The summed E-state index contributed by atoms with van der Waals surface area (Å²) in [5.74, 6) is -2.28. The second-order valence-electron chi connectivity index (χ2n) is 5.53. The average Bonchev–Trinajstić information content (AvgIpc) is 2.62. The molecule has 1 aliphatic heterocycles. The molecule has 0 atom stereocenters. The third-order valence-electron chi connectivity index (χ3n) is 4.12. The van der Waals surface area contributed by atoms with Crippen LogP contribution in [0.4, 0.5) is 14.5 Å². The lowest BCUT2D eigenvalue weighted by Gasteiger charge is -2.31. The van der Waals surface area contributed by atoms with E-state index < -0.39 is 11.6 Å². The highest BCUT2D eigenvalue weighted by Crippen LogP contribution is 2.30. The molecule has 0 fully saturated rings. The third kappa shape index (κ3) is 2.89. The average molecular weight is 333 g/mol. The highest BCUT2D eigenvalue weighted by Gasteiger charge is 2.21. The van der Waals surface area contributed by atoms with Crippen molar-refractivity contribution in [3.8, 4) is 5.75 Å². The van der Waals surface area contributed by atoms with Gasteiger partial charge in [-0.05, 0) is 23.6 Å². The number of nitrogens with zero attached hydrogens (tertiary/aromatic N) is 2. The SMILES string of the molecule is CNC(=O)c1cc2c(cn1)CN(c1cc(F)c(F)c(OC)c1)CC2. The van der Waals surface area contributed by atoms with E-state index in [4.69, 9.17) is 4.74 Å². The molecule has 0 bridgehead atoms. The maximum Gasteiger partial charge on any atom is 0.269 e. The Balaban J connectivity index is 1.88. The first-order chi connectivity index (χ1) is 11.5. The number of aromatic nitrogens is 1. The van der Waals surface area contributed by atoms with Crippen molar-refractivity contribution in [2.75, 3.05) is 25.6 Å². The lowest BCUT2D eigenvalue weighted by molar-refractivity contribution is 0.0958. The molecule has 2 heterocycles. The van der Waals surface area contributed by atoms with Gasteiger partial charge in [0.25, 0.3) is 5.91 Å². The number of carbonyl (C=O) groups excluding carboxylic acids is 1. The van der Waals surface area contributed by atoms with Crippen molar-refractivity contribution in [2.24, 2.45) is 0 Å². The number of hydrogen-bond donors (Lipinski definition) is 1. The van der Waals surface area contributed by atoms with Gasteiger partial charge in [-0.3, -0.25) is 9.78 Å². The van der Waals surface area contributed by atoms with Crippen LogP contribution in [0.15, 0.2) is 24.4 Å². The second kappa shape index (κ2) is 6.43. The molecular weight excluding hydrogens is 316 g/mol. The van der Waals surface area contributed by atoms with Gasteiger partial charge in [-0.2, -0.15) is 4.39 Å². The van der Waals surface area contributed by atoms with Crippen LogP contribution in [0, 0.1) is 11.6 Å². The molecule has 24 heavy (non-hydrogen) atoms. The van der Waals surface area contributed by atoms with Crippen LogP contribution in [0.2, 0.25) is 0 Å². The highest BCUT2D eigenvalue weighted by atomic mass is 19.2. The van der Waals surface area contributed by atoms with Crippen molar-refractivity contribution in [3.63, 3.8) is 0 Å². The maximum atomic E-state index is 13.7. The molecule has 0 radical (unpaired) electrons. The third-order valence-corrected chi connectivity index (χ3v) is 4.12. The number of methoxy groups -OCH3 is 1. The first-order valence-corrected chi connectivity index (χ1v) is 7.51. The zero-order chi connectivity index (χ0) is 17.3.